The third-order valence-corrected chi connectivity index (χ3v) is 2.71. The number of hydrogen-bond acceptors (Lipinski definition) is 4. The first-order chi connectivity index (χ1) is 9.68. The van der Waals surface area contributed by atoms with Gasteiger partial charge >= 0.3 is 6.18 Å². The second kappa shape index (κ2) is 5.12. The Morgan fingerprint density at radius 1 is 1.33 bits per heavy atom. The van der Waals surface area contributed by atoms with Gasteiger partial charge in [0.1, 0.15) is 0 Å². The lowest BCUT2D eigenvalue weighted by Gasteiger charge is -2.13. The normalized spacial score (nSPS) is 11.5. The average Bonchev–Trinajstić information content (AvgIpc) is 2.69. The number of oxazole rings is 1. The van der Waals surface area contributed by atoms with Gasteiger partial charge in [-0.25, -0.2) is 4.98 Å². The molecule has 1 heterocycles. The van der Waals surface area contributed by atoms with Crippen molar-refractivity contribution in [1.82, 2.24) is 4.98 Å². The molecular weight excluding hydrogens is 287 g/mol. The zero-order chi connectivity index (χ0) is 15.8. The van der Waals surface area contributed by atoms with Gasteiger partial charge in [-0.3, -0.25) is 4.79 Å². The maximum absolute atomic E-state index is 12.9. The van der Waals surface area contributed by atoms with Crippen LogP contribution in [-0.2, 0) is 6.18 Å². The molecule has 0 saturated carbocycles. The number of anilines is 2. The summed E-state index contributed by atoms with van der Waals surface area (Å²) in [7, 11) is 0. The largest absolute Gasteiger partial charge is 0.436 e. The van der Waals surface area contributed by atoms with Crippen LogP contribution in [-0.4, -0.2) is 10.9 Å². The number of carbonyl (C=O) groups is 1. The zero-order valence-electron chi connectivity index (χ0n) is 11.2. The highest BCUT2D eigenvalue weighted by Gasteiger charge is 2.34. The van der Waals surface area contributed by atoms with Crippen molar-refractivity contribution in [2.75, 3.05) is 11.1 Å². The Bertz CT molecular complexity index is 692. The molecule has 112 valence electrons. The summed E-state index contributed by atoms with van der Waals surface area (Å²) in [5, 5.41) is 2.17. The fourth-order valence-corrected chi connectivity index (χ4v) is 1.83. The molecule has 0 aliphatic heterocycles. The zero-order valence-corrected chi connectivity index (χ0v) is 11.2. The van der Waals surface area contributed by atoms with Crippen LogP contribution in [0.2, 0.25) is 0 Å². The van der Waals surface area contributed by atoms with Crippen molar-refractivity contribution in [3.63, 3.8) is 0 Å². The van der Waals surface area contributed by atoms with Gasteiger partial charge in [-0.1, -0.05) is 0 Å². The van der Waals surface area contributed by atoms with Gasteiger partial charge in [0, 0.05) is 12.6 Å². The number of hydrogen-bond donors (Lipinski definition) is 2. The monoisotopic (exact) mass is 299 g/mol. The van der Waals surface area contributed by atoms with Gasteiger partial charge in [0.05, 0.1) is 16.9 Å². The Balaban J connectivity index is 2.36. The summed E-state index contributed by atoms with van der Waals surface area (Å²) < 4.78 is 43.8. The summed E-state index contributed by atoms with van der Waals surface area (Å²) in [6.45, 7) is 3.06. The molecule has 0 unspecified atom stereocenters. The minimum Gasteiger partial charge on any atom is -0.436 e. The van der Waals surface area contributed by atoms with Crippen molar-refractivity contribution in [1.29, 1.82) is 0 Å². The maximum atomic E-state index is 12.9. The van der Waals surface area contributed by atoms with E-state index in [9.17, 15) is 18.0 Å². The van der Waals surface area contributed by atoms with Crippen molar-refractivity contribution >= 4 is 17.3 Å². The summed E-state index contributed by atoms with van der Waals surface area (Å²) >= 11 is 0. The van der Waals surface area contributed by atoms with Crippen LogP contribution in [0.5, 0.6) is 0 Å². The molecule has 1 amide bonds. The lowest BCUT2D eigenvalue weighted by Crippen LogP contribution is -2.17. The number of aromatic nitrogens is 1. The van der Waals surface area contributed by atoms with Crippen molar-refractivity contribution in [3.8, 4) is 0 Å². The van der Waals surface area contributed by atoms with Crippen LogP contribution in [0.4, 0.5) is 24.5 Å². The van der Waals surface area contributed by atoms with E-state index in [4.69, 9.17) is 10.2 Å². The van der Waals surface area contributed by atoms with E-state index in [0.717, 1.165) is 12.1 Å². The number of nitrogens with two attached hydrogens (primary N) is 1. The van der Waals surface area contributed by atoms with E-state index in [2.05, 4.69) is 10.3 Å². The molecular formula is C13H12F3N3O2. The lowest BCUT2D eigenvalue weighted by atomic mass is 10.1. The molecule has 8 heteroatoms. The van der Waals surface area contributed by atoms with E-state index in [1.165, 1.54) is 19.9 Å². The number of benzene rings is 1. The molecule has 1 aromatic carbocycles. The highest BCUT2D eigenvalue weighted by molar-refractivity contribution is 6.03. The predicted octanol–water partition coefficient (Wildman–Crippen LogP) is 3.14. The fourth-order valence-electron chi connectivity index (χ4n) is 1.83. The number of nitrogen functional groups attached to an aromatic ring is 1. The molecule has 0 saturated heterocycles. The van der Waals surface area contributed by atoms with Crippen LogP contribution in [0.15, 0.2) is 22.6 Å². The Morgan fingerprint density at radius 2 is 2.00 bits per heavy atom. The number of nitrogens with one attached hydrogen (secondary N) is 1. The summed E-state index contributed by atoms with van der Waals surface area (Å²) in [6, 6.07) is 3.12. The highest BCUT2D eigenvalue weighted by atomic mass is 19.4. The van der Waals surface area contributed by atoms with Crippen molar-refractivity contribution in [2.45, 2.75) is 20.0 Å². The number of nitrogens with zero attached hydrogens (tertiary/aromatic N) is 1. The molecule has 1 aromatic heterocycles. The molecule has 3 N–H and O–H groups in total. The van der Waals surface area contributed by atoms with Gasteiger partial charge in [-0.2, -0.15) is 13.2 Å². The summed E-state index contributed by atoms with van der Waals surface area (Å²) in [5.41, 5.74) is 4.19. The van der Waals surface area contributed by atoms with E-state index in [-0.39, 0.29) is 17.3 Å². The Kier molecular flexibility index (Phi) is 3.63. The van der Waals surface area contributed by atoms with E-state index in [1.807, 2.05) is 0 Å². The molecule has 21 heavy (non-hydrogen) atoms. The van der Waals surface area contributed by atoms with Gasteiger partial charge in [-0.15, -0.1) is 0 Å². The Labute approximate surface area is 118 Å². The molecule has 2 aromatic rings. The minimum atomic E-state index is -4.63. The molecule has 0 radical (unpaired) electrons. The average molecular weight is 299 g/mol. The van der Waals surface area contributed by atoms with Crippen LogP contribution >= 0.6 is 0 Å². The molecule has 0 aliphatic rings. The third-order valence-electron chi connectivity index (χ3n) is 2.71. The Hall–Kier alpha value is -2.51. The van der Waals surface area contributed by atoms with Crippen molar-refractivity contribution in [3.05, 3.63) is 41.1 Å². The quantitative estimate of drug-likeness (QED) is 0.835. The molecule has 5 nitrogen and oxygen atoms in total. The molecule has 0 bridgehead atoms. The van der Waals surface area contributed by atoms with Crippen LogP contribution in [0.1, 0.15) is 27.7 Å². The number of amides is 1. The smallest absolute Gasteiger partial charge is 0.418 e. The number of halogens is 3. The van der Waals surface area contributed by atoms with E-state index in [1.54, 1.807) is 0 Å². The number of alkyl halides is 3. The van der Waals surface area contributed by atoms with Crippen molar-refractivity contribution < 1.29 is 22.4 Å². The number of carbonyl (C=O) groups excluding carboxylic acids is 1. The third kappa shape index (κ3) is 3.15. The van der Waals surface area contributed by atoms with Gasteiger partial charge in [0.25, 0.3) is 5.91 Å². The van der Waals surface area contributed by atoms with Gasteiger partial charge in [0.15, 0.2) is 5.89 Å². The van der Waals surface area contributed by atoms with Gasteiger partial charge in [-0.05, 0) is 25.1 Å². The minimum absolute atomic E-state index is 0.0491. The van der Waals surface area contributed by atoms with Crippen molar-refractivity contribution in [2.24, 2.45) is 0 Å². The molecule has 0 atom stereocenters. The van der Waals surface area contributed by atoms with Crippen LogP contribution < -0.4 is 11.1 Å². The first-order valence-electron chi connectivity index (χ1n) is 5.90. The second-order valence-electron chi connectivity index (χ2n) is 4.40. The molecule has 0 aliphatic carbocycles. The fraction of sp³-hybridized carbons (Fsp3) is 0.231. The molecule has 2 rings (SSSR count). The standard InChI is InChI=1S/C13H12F3N3O2/c1-6-11(21-7(2)18-6)12(20)19-10-4-3-8(17)5-9(10)13(14,15)16/h3-5H,17H2,1-2H3,(H,19,20). The SMILES string of the molecule is Cc1nc(C)c(C(=O)Nc2ccc(N)cc2C(F)(F)F)o1. The summed E-state index contributed by atoms with van der Waals surface area (Å²) in [6.07, 6.45) is -4.63. The Morgan fingerprint density at radius 3 is 2.52 bits per heavy atom. The van der Waals surface area contributed by atoms with E-state index < -0.39 is 23.3 Å². The maximum Gasteiger partial charge on any atom is 0.418 e. The highest BCUT2D eigenvalue weighted by Crippen LogP contribution is 2.36. The van der Waals surface area contributed by atoms with Gasteiger partial charge < -0.3 is 15.5 Å². The second-order valence-corrected chi connectivity index (χ2v) is 4.40. The first kappa shape index (κ1) is 14.9. The van der Waals surface area contributed by atoms with Crippen LogP contribution in [0, 0.1) is 13.8 Å². The van der Waals surface area contributed by atoms with E-state index >= 15 is 0 Å². The van der Waals surface area contributed by atoms with Crippen LogP contribution in [0.25, 0.3) is 0 Å². The van der Waals surface area contributed by atoms with E-state index in [0.29, 0.717) is 5.69 Å². The van der Waals surface area contributed by atoms with Crippen LogP contribution in [0.3, 0.4) is 0 Å². The molecule has 0 fully saturated rings. The summed E-state index contributed by atoms with van der Waals surface area (Å²) in [5.74, 6) is -0.674. The number of aryl methyl sites for hydroxylation is 2. The first-order valence-corrected chi connectivity index (χ1v) is 5.90. The molecule has 0 spiro atoms. The summed E-state index contributed by atoms with van der Waals surface area (Å²) in [4.78, 5) is 15.9. The number of rotatable bonds is 2. The topological polar surface area (TPSA) is 81.2 Å². The van der Waals surface area contributed by atoms with Gasteiger partial charge in [0.2, 0.25) is 5.76 Å². The predicted molar refractivity (Wildman–Crippen MR) is 69.8 cm³/mol. The lowest BCUT2D eigenvalue weighted by molar-refractivity contribution is -0.136.